The number of nitrogens with one attached hydrogen (secondary N) is 1. The Labute approximate surface area is 183 Å². The van der Waals surface area contributed by atoms with E-state index in [0.717, 1.165) is 17.4 Å². The Balaban J connectivity index is 1.45. The summed E-state index contributed by atoms with van der Waals surface area (Å²) in [6.45, 7) is 0. The van der Waals surface area contributed by atoms with Gasteiger partial charge < -0.3 is 9.15 Å². The van der Waals surface area contributed by atoms with Gasteiger partial charge in [0.25, 0.3) is 0 Å². The number of sulfone groups is 1. The molecule has 1 N–H and O–H groups in total. The summed E-state index contributed by atoms with van der Waals surface area (Å²) >= 11 is 0. The van der Waals surface area contributed by atoms with Gasteiger partial charge in [-0.05, 0) is 30.3 Å². The van der Waals surface area contributed by atoms with Crippen molar-refractivity contribution < 1.29 is 22.4 Å². The standard InChI is InChI=1S/C23H17N3O5S/c1-32(28,29)15-8-6-7-14(13-15)22-25-26-23(31-22)24-21(27)20-16-9-2-4-11-18(16)30-19-12-5-3-10-17(19)20/h2-13,20H,1H3,(H,24,26,27). The lowest BCUT2D eigenvalue weighted by atomic mass is 9.87. The van der Waals surface area contributed by atoms with Crippen LogP contribution in [-0.2, 0) is 14.6 Å². The number of nitrogens with zero attached hydrogens (tertiary/aromatic N) is 2. The number of para-hydroxylation sites is 2. The Morgan fingerprint density at radius 2 is 1.56 bits per heavy atom. The molecule has 5 rings (SSSR count). The molecule has 0 fully saturated rings. The van der Waals surface area contributed by atoms with Crippen LogP contribution in [-0.4, -0.2) is 30.8 Å². The van der Waals surface area contributed by atoms with Gasteiger partial charge in [-0.1, -0.05) is 47.6 Å². The van der Waals surface area contributed by atoms with Gasteiger partial charge in [-0.3, -0.25) is 10.1 Å². The number of anilines is 1. The molecule has 0 radical (unpaired) electrons. The molecule has 0 aliphatic carbocycles. The Bertz CT molecular complexity index is 1400. The first kappa shape index (κ1) is 20.0. The van der Waals surface area contributed by atoms with Crippen molar-refractivity contribution in [3.05, 3.63) is 83.9 Å². The minimum atomic E-state index is -3.39. The number of ether oxygens (including phenoxy) is 1. The van der Waals surface area contributed by atoms with Gasteiger partial charge in [0.2, 0.25) is 11.8 Å². The second-order valence-electron chi connectivity index (χ2n) is 7.31. The van der Waals surface area contributed by atoms with E-state index >= 15 is 0 Å². The maximum atomic E-state index is 13.3. The molecular formula is C23H17N3O5S. The Morgan fingerprint density at radius 3 is 2.22 bits per heavy atom. The first-order valence-electron chi connectivity index (χ1n) is 9.71. The maximum absolute atomic E-state index is 13.3. The lowest BCUT2D eigenvalue weighted by molar-refractivity contribution is -0.117. The number of carbonyl (C=O) groups excluding carboxylic acids is 1. The average Bonchev–Trinajstić information content (AvgIpc) is 3.25. The van der Waals surface area contributed by atoms with Crippen LogP contribution in [0.2, 0.25) is 0 Å². The first-order valence-corrected chi connectivity index (χ1v) is 11.6. The highest BCUT2D eigenvalue weighted by molar-refractivity contribution is 7.90. The predicted molar refractivity (Wildman–Crippen MR) is 116 cm³/mol. The molecule has 160 valence electrons. The molecular weight excluding hydrogens is 430 g/mol. The summed E-state index contributed by atoms with van der Waals surface area (Å²) in [5.74, 6) is 0.331. The third kappa shape index (κ3) is 3.63. The van der Waals surface area contributed by atoms with Crippen molar-refractivity contribution in [2.24, 2.45) is 0 Å². The smallest absolute Gasteiger partial charge is 0.322 e. The lowest BCUT2D eigenvalue weighted by Gasteiger charge is -2.26. The van der Waals surface area contributed by atoms with Crippen molar-refractivity contribution in [3.63, 3.8) is 0 Å². The van der Waals surface area contributed by atoms with E-state index in [1.807, 2.05) is 48.5 Å². The van der Waals surface area contributed by atoms with Crippen LogP contribution < -0.4 is 10.1 Å². The summed E-state index contributed by atoms with van der Waals surface area (Å²) in [5.41, 5.74) is 1.89. The van der Waals surface area contributed by atoms with Crippen molar-refractivity contribution in [3.8, 4) is 23.0 Å². The van der Waals surface area contributed by atoms with Crippen LogP contribution in [0.1, 0.15) is 17.0 Å². The summed E-state index contributed by atoms with van der Waals surface area (Å²) in [7, 11) is -3.39. The zero-order valence-electron chi connectivity index (χ0n) is 16.8. The Hall–Kier alpha value is -3.98. The lowest BCUT2D eigenvalue weighted by Crippen LogP contribution is -2.25. The molecule has 0 atom stereocenters. The van der Waals surface area contributed by atoms with E-state index in [1.165, 1.54) is 12.1 Å². The zero-order valence-corrected chi connectivity index (χ0v) is 17.7. The number of carbonyl (C=O) groups is 1. The highest BCUT2D eigenvalue weighted by atomic mass is 32.2. The van der Waals surface area contributed by atoms with Gasteiger partial charge in [-0.2, -0.15) is 0 Å². The van der Waals surface area contributed by atoms with Gasteiger partial charge in [0, 0.05) is 22.9 Å². The highest BCUT2D eigenvalue weighted by Gasteiger charge is 2.33. The number of fused-ring (bicyclic) bond motifs is 2. The van der Waals surface area contributed by atoms with E-state index in [1.54, 1.807) is 12.1 Å². The molecule has 8 nitrogen and oxygen atoms in total. The van der Waals surface area contributed by atoms with Crippen LogP contribution in [0.25, 0.3) is 11.5 Å². The number of benzene rings is 3. The van der Waals surface area contributed by atoms with Crippen molar-refractivity contribution >= 4 is 21.8 Å². The van der Waals surface area contributed by atoms with E-state index in [4.69, 9.17) is 9.15 Å². The molecule has 1 aliphatic heterocycles. The largest absolute Gasteiger partial charge is 0.457 e. The summed E-state index contributed by atoms with van der Waals surface area (Å²) < 4.78 is 35.1. The molecule has 0 saturated carbocycles. The SMILES string of the molecule is CS(=O)(=O)c1cccc(-c2nnc(NC(=O)C3c4ccccc4Oc4ccccc43)o2)c1. The van der Waals surface area contributed by atoms with E-state index in [0.29, 0.717) is 17.1 Å². The van der Waals surface area contributed by atoms with Gasteiger partial charge in [0.15, 0.2) is 9.84 Å². The molecule has 32 heavy (non-hydrogen) atoms. The van der Waals surface area contributed by atoms with E-state index in [-0.39, 0.29) is 22.7 Å². The molecule has 1 amide bonds. The molecule has 1 aromatic heterocycles. The van der Waals surface area contributed by atoms with Crippen LogP contribution in [0.3, 0.4) is 0 Å². The molecule has 1 aliphatic rings. The first-order chi connectivity index (χ1) is 15.4. The van der Waals surface area contributed by atoms with Crippen molar-refractivity contribution in [1.29, 1.82) is 0 Å². The minimum absolute atomic E-state index is 0.0868. The maximum Gasteiger partial charge on any atom is 0.322 e. The van der Waals surface area contributed by atoms with Crippen LogP contribution in [0.15, 0.2) is 82.1 Å². The van der Waals surface area contributed by atoms with Gasteiger partial charge in [-0.25, -0.2) is 8.42 Å². The minimum Gasteiger partial charge on any atom is -0.457 e. The molecule has 0 saturated heterocycles. The van der Waals surface area contributed by atoms with Gasteiger partial charge in [0.05, 0.1) is 10.8 Å². The summed E-state index contributed by atoms with van der Waals surface area (Å²) in [6.07, 6.45) is 1.12. The second-order valence-corrected chi connectivity index (χ2v) is 9.33. The van der Waals surface area contributed by atoms with Crippen LogP contribution >= 0.6 is 0 Å². The summed E-state index contributed by atoms with van der Waals surface area (Å²) in [4.78, 5) is 13.4. The third-order valence-corrected chi connectivity index (χ3v) is 6.22. The molecule has 9 heteroatoms. The molecule has 3 aromatic carbocycles. The number of hydrogen-bond donors (Lipinski definition) is 1. The van der Waals surface area contributed by atoms with Crippen molar-refractivity contribution in [1.82, 2.24) is 10.2 Å². The second kappa shape index (κ2) is 7.61. The van der Waals surface area contributed by atoms with Crippen molar-refractivity contribution in [2.75, 3.05) is 11.6 Å². The normalized spacial score (nSPS) is 13.0. The Morgan fingerprint density at radius 1 is 0.906 bits per heavy atom. The molecule has 0 bridgehead atoms. The number of rotatable bonds is 4. The fourth-order valence-corrected chi connectivity index (χ4v) is 4.29. The Kier molecular flexibility index (Phi) is 4.75. The van der Waals surface area contributed by atoms with E-state index < -0.39 is 15.8 Å². The van der Waals surface area contributed by atoms with Gasteiger partial charge in [0.1, 0.15) is 11.5 Å². The predicted octanol–water partition coefficient (Wildman–Crippen LogP) is 4.02. The average molecular weight is 447 g/mol. The number of aromatic nitrogens is 2. The third-order valence-electron chi connectivity index (χ3n) is 5.11. The molecule has 2 heterocycles. The fourth-order valence-electron chi connectivity index (χ4n) is 3.62. The molecule has 0 spiro atoms. The fraction of sp³-hybridized carbons (Fsp3) is 0.0870. The highest BCUT2D eigenvalue weighted by Crippen LogP contribution is 2.44. The summed E-state index contributed by atoms with van der Waals surface area (Å²) in [6, 6.07) is 20.8. The van der Waals surface area contributed by atoms with Crippen LogP contribution in [0, 0.1) is 0 Å². The van der Waals surface area contributed by atoms with Gasteiger partial charge in [-0.15, -0.1) is 5.10 Å². The monoisotopic (exact) mass is 447 g/mol. The van der Waals surface area contributed by atoms with Crippen molar-refractivity contribution in [2.45, 2.75) is 10.8 Å². The molecule has 4 aromatic rings. The van der Waals surface area contributed by atoms with E-state index in [9.17, 15) is 13.2 Å². The van der Waals surface area contributed by atoms with E-state index in [2.05, 4.69) is 15.5 Å². The quantitative estimate of drug-likeness (QED) is 0.503. The van der Waals surface area contributed by atoms with Crippen LogP contribution in [0.5, 0.6) is 11.5 Å². The topological polar surface area (TPSA) is 111 Å². The number of hydrogen-bond acceptors (Lipinski definition) is 7. The van der Waals surface area contributed by atoms with Gasteiger partial charge >= 0.3 is 6.01 Å². The summed E-state index contributed by atoms with van der Waals surface area (Å²) in [5, 5.41) is 10.5. The van der Waals surface area contributed by atoms with Crippen LogP contribution in [0.4, 0.5) is 6.01 Å². The zero-order chi connectivity index (χ0) is 22.3. The number of amides is 1. The molecule has 0 unspecified atom stereocenters.